The molecule has 1 heterocycles. The van der Waals surface area contributed by atoms with Gasteiger partial charge in [0.05, 0.1) is 11.5 Å². The fourth-order valence-corrected chi connectivity index (χ4v) is 4.43. The zero-order valence-electron chi connectivity index (χ0n) is 18.6. The molecule has 6 nitrogen and oxygen atoms in total. The van der Waals surface area contributed by atoms with Crippen LogP contribution in [0.3, 0.4) is 0 Å². The van der Waals surface area contributed by atoms with Gasteiger partial charge >= 0.3 is 6.09 Å². The predicted octanol–water partition coefficient (Wildman–Crippen LogP) is 4.82. The highest BCUT2D eigenvalue weighted by atomic mass is 32.2. The first kappa shape index (κ1) is 23.5. The quantitative estimate of drug-likeness (QED) is 0.594. The third-order valence-corrected chi connectivity index (χ3v) is 7.37. The Morgan fingerprint density at radius 2 is 1.64 bits per heavy atom. The van der Waals surface area contributed by atoms with Gasteiger partial charge in [-0.15, -0.1) is 0 Å². The van der Waals surface area contributed by atoms with E-state index < -0.39 is 27.2 Å². The molecule has 0 unspecified atom stereocenters. The first-order valence-corrected chi connectivity index (χ1v) is 12.8. The number of ether oxygens (including phenoxy) is 2. The third kappa shape index (κ3) is 5.63. The Labute approximate surface area is 192 Å². The van der Waals surface area contributed by atoms with E-state index in [0.29, 0.717) is 31.5 Å². The van der Waals surface area contributed by atoms with Gasteiger partial charge in [0.25, 0.3) is 0 Å². The van der Waals surface area contributed by atoms with Crippen LogP contribution in [-0.4, -0.2) is 51.0 Å². The van der Waals surface area contributed by atoms with Crippen LogP contribution in [0, 0.1) is 17.6 Å². The van der Waals surface area contributed by atoms with Gasteiger partial charge in [-0.05, 0) is 73.9 Å². The lowest BCUT2D eigenvalue weighted by Crippen LogP contribution is -2.41. The van der Waals surface area contributed by atoms with Gasteiger partial charge in [0.1, 0.15) is 5.60 Å². The van der Waals surface area contributed by atoms with Crippen molar-refractivity contribution in [3.63, 3.8) is 0 Å². The van der Waals surface area contributed by atoms with Crippen LogP contribution < -0.4 is 4.74 Å². The molecule has 4 rings (SSSR count). The van der Waals surface area contributed by atoms with E-state index in [0.717, 1.165) is 19.1 Å². The molecule has 2 aromatic rings. The van der Waals surface area contributed by atoms with Crippen molar-refractivity contribution in [2.24, 2.45) is 5.92 Å². The van der Waals surface area contributed by atoms with E-state index in [1.165, 1.54) is 36.4 Å². The van der Waals surface area contributed by atoms with E-state index in [4.69, 9.17) is 9.47 Å². The first-order valence-electron chi connectivity index (χ1n) is 10.9. The van der Waals surface area contributed by atoms with E-state index in [1.54, 1.807) is 4.90 Å². The van der Waals surface area contributed by atoms with Gasteiger partial charge in [0.2, 0.25) is 0 Å². The summed E-state index contributed by atoms with van der Waals surface area (Å²) in [5.74, 6) is -2.01. The molecule has 1 saturated carbocycles. The molecule has 1 aliphatic carbocycles. The number of carbonyl (C=O) groups is 1. The Morgan fingerprint density at radius 1 is 1.06 bits per heavy atom. The summed E-state index contributed by atoms with van der Waals surface area (Å²) in [6, 6.07) is 8.16. The molecule has 0 aromatic heterocycles. The normalized spacial score (nSPS) is 18.1. The van der Waals surface area contributed by atoms with E-state index in [9.17, 15) is 22.0 Å². The maximum atomic E-state index is 14.6. The highest BCUT2D eigenvalue weighted by molar-refractivity contribution is 7.90. The molecule has 33 heavy (non-hydrogen) atoms. The lowest BCUT2D eigenvalue weighted by Gasteiger charge is -2.32. The number of piperidine rings is 1. The van der Waals surface area contributed by atoms with Crippen molar-refractivity contribution in [3.8, 4) is 16.9 Å². The average Bonchev–Trinajstić information content (AvgIpc) is 3.49. The van der Waals surface area contributed by atoms with Gasteiger partial charge in [-0.1, -0.05) is 12.1 Å². The van der Waals surface area contributed by atoms with E-state index in [2.05, 4.69) is 0 Å². The highest BCUT2D eigenvalue weighted by Gasteiger charge is 2.43. The second-order valence-corrected chi connectivity index (χ2v) is 11.1. The summed E-state index contributed by atoms with van der Waals surface area (Å²) < 4.78 is 63.4. The topological polar surface area (TPSA) is 72.9 Å². The van der Waals surface area contributed by atoms with Crippen LogP contribution in [0.25, 0.3) is 11.1 Å². The van der Waals surface area contributed by atoms with Crippen LogP contribution >= 0.6 is 0 Å². The molecule has 0 atom stereocenters. The van der Waals surface area contributed by atoms with Crippen molar-refractivity contribution in [2.45, 2.75) is 43.1 Å². The molecule has 1 amide bonds. The van der Waals surface area contributed by atoms with Crippen LogP contribution in [0.5, 0.6) is 5.75 Å². The van der Waals surface area contributed by atoms with E-state index >= 15 is 0 Å². The highest BCUT2D eigenvalue weighted by Crippen LogP contribution is 2.39. The minimum atomic E-state index is -3.35. The molecule has 2 fully saturated rings. The second-order valence-electron chi connectivity index (χ2n) is 9.12. The maximum absolute atomic E-state index is 14.6. The van der Waals surface area contributed by atoms with Crippen LogP contribution in [0.4, 0.5) is 13.6 Å². The summed E-state index contributed by atoms with van der Waals surface area (Å²) in [6.07, 6.45) is 3.92. The number of benzene rings is 2. The number of carbonyl (C=O) groups excluding carboxylic acids is 1. The molecule has 9 heteroatoms. The van der Waals surface area contributed by atoms with Crippen LogP contribution in [0.15, 0.2) is 41.3 Å². The Morgan fingerprint density at radius 3 is 2.15 bits per heavy atom. The number of sulfone groups is 1. The average molecular weight is 480 g/mol. The molecule has 1 aliphatic heterocycles. The maximum Gasteiger partial charge on any atom is 0.410 e. The number of halogens is 2. The third-order valence-electron chi connectivity index (χ3n) is 6.24. The summed E-state index contributed by atoms with van der Waals surface area (Å²) in [5, 5.41) is 0. The zero-order chi connectivity index (χ0) is 23.8. The van der Waals surface area contributed by atoms with Crippen molar-refractivity contribution in [3.05, 3.63) is 48.0 Å². The minimum Gasteiger partial charge on any atom is -0.487 e. The van der Waals surface area contributed by atoms with Gasteiger partial charge in [-0.3, -0.25) is 0 Å². The smallest absolute Gasteiger partial charge is 0.410 e. The van der Waals surface area contributed by atoms with Gasteiger partial charge in [0.15, 0.2) is 27.2 Å². The molecule has 0 N–H and O–H groups in total. The van der Waals surface area contributed by atoms with Crippen molar-refractivity contribution >= 4 is 15.9 Å². The zero-order valence-corrected chi connectivity index (χ0v) is 19.5. The minimum absolute atomic E-state index is 0.0765. The second kappa shape index (κ2) is 8.93. The number of hydrogen-bond acceptors (Lipinski definition) is 5. The molecule has 178 valence electrons. The van der Waals surface area contributed by atoms with Gasteiger partial charge in [-0.25, -0.2) is 22.0 Å². The Bertz CT molecular complexity index is 1110. The van der Waals surface area contributed by atoms with Crippen LogP contribution in [-0.2, 0) is 14.6 Å². The first-order chi connectivity index (χ1) is 15.5. The van der Waals surface area contributed by atoms with Crippen molar-refractivity contribution in [1.29, 1.82) is 0 Å². The van der Waals surface area contributed by atoms with E-state index in [-0.39, 0.29) is 34.7 Å². The monoisotopic (exact) mass is 479 g/mol. The summed E-state index contributed by atoms with van der Waals surface area (Å²) in [7, 11) is -3.35. The molecule has 1 saturated heterocycles. The Balaban J connectivity index is 1.34. The molecule has 2 aromatic carbocycles. The number of nitrogens with zero attached hydrogens (tertiary/aromatic N) is 1. The molecule has 2 aliphatic rings. The fourth-order valence-electron chi connectivity index (χ4n) is 3.80. The predicted molar refractivity (Wildman–Crippen MR) is 119 cm³/mol. The number of amides is 1. The Kier molecular flexibility index (Phi) is 6.35. The SMILES string of the molecule is CC1(OC(=O)N2CCC(COc3c(F)cc(-c4ccc(S(C)(=O)=O)cc4)cc3F)CC2)CC1. The van der Waals surface area contributed by atoms with Gasteiger partial charge < -0.3 is 14.4 Å². The van der Waals surface area contributed by atoms with Crippen molar-refractivity contribution in [2.75, 3.05) is 26.0 Å². The largest absolute Gasteiger partial charge is 0.487 e. The molecular weight excluding hydrogens is 452 g/mol. The summed E-state index contributed by atoms with van der Waals surface area (Å²) in [4.78, 5) is 14.0. The van der Waals surface area contributed by atoms with Gasteiger partial charge in [0, 0.05) is 19.3 Å². The van der Waals surface area contributed by atoms with E-state index in [1.807, 2.05) is 6.92 Å². The number of likely N-dealkylation sites (tertiary alicyclic amines) is 1. The standard InChI is InChI=1S/C24H27F2NO5S/c1-24(9-10-24)32-23(28)27-11-7-16(8-12-27)15-31-22-20(25)13-18(14-21(22)26)17-3-5-19(6-4-17)33(2,29)30/h3-6,13-14,16H,7-12,15H2,1-2H3. The lowest BCUT2D eigenvalue weighted by atomic mass is 9.98. The van der Waals surface area contributed by atoms with Crippen LogP contribution in [0.2, 0.25) is 0 Å². The molecule has 0 radical (unpaired) electrons. The van der Waals surface area contributed by atoms with Crippen molar-refractivity contribution < 1.29 is 31.5 Å². The molecular formula is C24H27F2NO5S. The molecule has 0 bridgehead atoms. The van der Waals surface area contributed by atoms with Crippen LogP contribution in [0.1, 0.15) is 32.6 Å². The summed E-state index contributed by atoms with van der Waals surface area (Å²) in [5.41, 5.74) is 0.466. The van der Waals surface area contributed by atoms with Crippen molar-refractivity contribution in [1.82, 2.24) is 4.90 Å². The summed E-state index contributed by atoms with van der Waals surface area (Å²) >= 11 is 0. The Hall–Kier alpha value is -2.68. The molecule has 0 spiro atoms. The van der Waals surface area contributed by atoms with Gasteiger partial charge in [-0.2, -0.15) is 0 Å². The fraction of sp³-hybridized carbons (Fsp3) is 0.458. The number of rotatable bonds is 6. The lowest BCUT2D eigenvalue weighted by molar-refractivity contribution is 0.0453. The summed E-state index contributed by atoms with van der Waals surface area (Å²) in [6.45, 7) is 3.12. The number of hydrogen-bond donors (Lipinski definition) is 0.